The first-order valence-electron chi connectivity index (χ1n) is 12.9. The average Bonchev–Trinajstić information content (AvgIpc) is 3.49. The van der Waals surface area contributed by atoms with Gasteiger partial charge < -0.3 is 14.8 Å². The van der Waals surface area contributed by atoms with Crippen LogP contribution in [0.1, 0.15) is 38.2 Å². The minimum Gasteiger partial charge on any atom is -0.381 e. The minimum atomic E-state index is -1.17. The molecule has 0 saturated carbocycles. The van der Waals surface area contributed by atoms with Gasteiger partial charge in [0.05, 0.1) is 10.5 Å². The summed E-state index contributed by atoms with van der Waals surface area (Å²) in [6.07, 6.45) is 3.80. The van der Waals surface area contributed by atoms with Gasteiger partial charge in [-0.05, 0) is 49.9 Å². The van der Waals surface area contributed by atoms with E-state index in [1.54, 1.807) is 4.68 Å². The number of aromatic nitrogens is 2. The molecule has 36 heavy (non-hydrogen) atoms. The van der Waals surface area contributed by atoms with E-state index in [-0.39, 0.29) is 5.91 Å². The predicted octanol–water partition coefficient (Wildman–Crippen LogP) is 7.51. The third-order valence-electron chi connectivity index (χ3n) is 5.97. The number of ether oxygens (including phenoxy) is 2. The van der Waals surface area contributed by atoms with Crippen molar-refractivity contribution in [3.63, 3.8) is 0 Å². The van der Waals surface area contributed by atoms with Crippen molar-refractivity contribution in [1.29, 1.82) is 0 Å². The van der Waals surface area contributed by atoms with Crippen LogP contribution in [-0.4, -0.2) is 43.6 Å². The van der Waals surface area contributed by atoms with Gasteiger partial charge in [-0.3, -0.25) is 4.79 Å². The first-order chi connectivity index (χ1) is 17.2. The molecule has 0 spiro atoms. The molecule has 4 rings (SSSR count). The van der Waals surface area contributed by atoms with Gasteiger partial charge in [0.1, 0.15) is 6.73 Å². The van der Waals surface area contributed by atoms with Gasteiger partial charge in [-0.25, -0.2) is 4.68 Å². The van der Waals surface area contributed by atoms with Gasteiger partial charge in [0.15, 0.2) is 5.82 Å². The summed E-state index contributed by atoms with van der Waals surface area (Å²) >= 11 is 6.67. The van der Waals surface area contributed by atoms with Crippen molar-refractivity contribution in [2.24, 2.45) is 0 Å². The molecule has 0 unspecified atom stereocenters. The van der Waals surface area contributed by atoms with Gasteiger partial charge in [-0.15, -0.1) is 0 Å². The molecule has 3 aromatic rings. The van der Waals surface area contributed by atoms with Gasteiger partial charge in [-0.1, -0.05) is 68.0 Å². The Labute approximate surface area is 221 Å². The van der Waals surface area contributed by atoms with Gasteiger partial charge in [0.2, 0.25) is 5.91 Å². The maximum Gasteiger partial charge on any atom is 0.225 e. The van der Waals surface area contributed by atoms with Crippen molar-refractivity contribution < 1.29 is 14.3 Å². The number of halogens is 1. The van der Waals surface area contributed by atoms with E-state index in [1.165, 1.54) is 18.4 Å². The van der Waals surface area contributed by atoms with Crippen LogP contribution in [0.3, 0.4) is 0 Å². The Morgan fingerprint density at radius 2 is 1.86 bits per heavy atom. The SMILES string of the molecule is C1CCOC1.CCCC(=O)Nc1nn(COCC[Si](C)(C)C)c2cc(Cl)c(-c3ccc(C)cc3)cc12. The Hall–Kier alpha value is -2.19. The molecule has 1 aliphatic rings. The van der Waals surface area contributed by atoms with Crippen LogP contribution in [0.25, 0.3) is 22.0 Å². The summed E-state index contributed by atoms with van der Waals surface area (Å²) in [4.78, 5) is 12.3. The smallest absolute Gasteiger partial charge is 0.225 e. The summed E-state index contributed by atoms with van der Waals surface area (Å²) in [7, 11) is -1.17. The van der Waals surface area contributed by atoms with Crippen molar-refractivity contribution >= 4 is 42.3 Å². The van der Waals surface area contributed by atoms with Crippen LogP contribution in [0.4, 0.5) is 5.82 Å². The van der Waals surface area contributed by atoms with E-state index in [0.717, 1.165) is 47.7 Å². The van der Waals surface area contributed by atoms with E-state index in [9.17, 15) is 4.79 Å². The summed E-state index contributed by atoms with van der Waals surface area (Å²) in [5.41, 5.74) is 3.99. The molecule has 1 aromatic heterocycles. The van der Waals surface area contributed by atoms with Gasteiger partial charge in [0, 0.05) is 45.3 Å². The molecule has 0 aliphatic carbocycles. The van der Waals surface area contributed by atoms with Gasteiger partial charge in [-0.2, -0.15) is 5.10 Å². The highest BCUT2D eigenvalue weighted by Crippen LogP contribution is 2.35. The highest BCUT2D eigenvalue weighted by molar-refractivity contribution is 6.76. The Kier molecular flexibility index (Phi) is 10.5. The van der Waals surface area contributed by atoms with Crippen LogP contribution < -0.4 is 5.32 Å². The van der Waals surface area contributed by atoms with E-state index >= 15 is 0 Å². The average molecular weight is 530 g/mol. The number of rotatable bonds is 9. The monoisotopic (exact) mass is 529 g/mol. The molecule has 2 heterocycles. The summed E-state index contributed by atoms with van der Waals surface area (Å²) in [5, 5.41) is 9.12. The normalized spacial score (nSPS) is 13.5. The number of nitrogens with one attached hydrogen (secondary N) is 1. The summed E-state index contributed by atoms with van der Waals surface area (Å²) in [6.45, 7) is 14.0. The molecule has 0 bridgehead atoms. The Morgan fingerprint density at radius 3 is 2.44 bits per heavy atom. The third kappa shape index (κ3) is 8.44. The molecule has 196 valence electrons. The summed E-state index contributed by atoms with van der Waals surface area (Å²) in [6, 6.07) is 13.3. The number of hydrogen-bond donors (Lipinski definition) is 1. The van der Waals surface area contributed by atoms with Crippen molar-refractivity contribution in [2.45, 2.75) is 71.9 Å². The van der Waals surface area contributed by atoms with E-state index in [1.807, 2.05) is 19.1 Å². The zero-order valence-corrected chi connectivity index (χ0v) is 24.1. The number of amides is 1. The lowest BCUT2D eigenvalue weighted by molar-refractivity contribution is -0.116. The summed E-state index contributed by atoms with van der Waals surface area (Å²) in [5.74, 6) is 0.507. The second-order valence-corrected chi connectivity index (χ2v) is 16.6. The zero-order valence-electron chi connectivity index (χ0n) is 22.3. The lowest BCUT2D eigenvalue weighted by Gasteiger charge is -2.15. The Bertz CT molecular complexity index is 1130. The molecule has 1 saturated heterocycles. The van der Waals surface area contributed by atoms with Gasteiger partial charge in [0.25, 0.3) is 0 Å². The quantitative estimate of drug-likeness (QED) is 0.230. The number of fused-ring (bicyclic) bond motifs is 1. The maximum absolute atomic E-state index is 12.3. The Morgan fingerprint density at radius 1 is 1.17 bits per heavy atom. The number of carbonyl (C=O) groups excluding carboxylic acids is 1. The van der Waals surface area contributed by atoms with Gasteiger partial charge >= 0.3 is 0 Å². The molecule has 6 nitrogen and oxygen atoms in total. The first-order valence-corrected chi connectivity index (χ1v) is 17.0. The minimum absolute atomic E-state index is 0.0412. The molecule has 0 atom stereocenters. The highest BCUT2D eigenvalue weighted by Gasteiger charge is 2.17. The van der Waals surface area contributed by atoms with E-state index in [0.29, 0.717) is 30.6 Å². The summed E-state index contributed by atoms with van der Waals surface area (Å²) < 4.78 is 12.6. The first kappa shape index (κ1) is 28.4. The molecule has 1 amide bonds. The number of hydrogen-bond acceptors (Lipinski definition) is 4. The molecule has 0 radical (unpaired) electrons. The fourth-order valence-electron chi connectivity index (χ4n) is 3.80. The standard InChI is InChI=1S/C24H32ClN3O2Si.C4H8O/c1-6-7-23(29)26-24-20-14-19(18-10-8-17(2)9-11-18)21(25)15-22(20)28(27-24)16-30-12-13-31(3,4)5;1-2-4-5-3-1/h8-11,14-15H,6-7,12-13,16H2,1-5H3,(H,26,27,29);1-4H2. The van der Waals surface area contributed by atoms with Crippen LogP contribution >= 0.6 is 11.6 Å². The van der Waals surface area contributed by atoms with Crippen molar-refractivity contribution in [2.75, 3.05) is 25.1 Å². The number of carbonyl (C=O) groups is 1. The zero-order chi connectivity index (χ0) is 26.1. The van der Waals surface area contributed by atoms with E-state index < -0.39 is 8.07 Å². The molecule has 1 N–H and O–H groups in total. The van der Waals surface area contributed by atoms with Crippen molar-refractivity contribution in [3.8, 4) is 11.1 Å². The number of nitrogens with zero attached hydrogens (tertiary/aromatic N) is 2. The largest absolute Gasteiger partial charge is 0.381 e. The number of anilines is 1. The van der Waals surface area contributed by atoms with E-state index in [2.05, 4.69) is 61.2 Å². The van der Waals surface area contributed by atoms with Crippen LogP contribution in [0.15, 0.2) is 36.4 Å². The second-order valence-electron chi connectivity index (χ2n) is 10.5. The maximum atomic E-state index is 12.3. The lowest BCUT2D eigenvalue weighted by Crippen LogP contribution is -2.22. The third-order valence-corrected chi connectivity index (χ3v) is 7.99. The van der Waals surface area contributed by atoms with Crippen LogP contribution in [0, 0.1) is 6.92 Å². The number of benzene rings is 2. The fourth-order valence-corrected chi connectivity index (χ4v) is 4.82. The lowest BCUT2D eigenvalue weighted by atomic mass is 10.0. The van der Waals surface area contributed by atoms with Crippen LogP contribution in [-0.2, 0) is 21.0 Å². The van der Waals surface area contributed by atoms with Crippen molar-refractivity contribution in [1.82, 2.24) is 9.78 Å². The fraction of sp³-hybridized carbons (Fsp3) is 0.500. The molecule has 1 aliphatic heterocycles. The van der Waals surface area contributed by atoms with Crippen molar-refractivity contribution in [3.05, 3.63) is 47.0 Å². The molecule has 2 aromatic carbocycles. The molecule has 8 heteroatoms. The molecule has 1 fully saturated rings. The van der Waals surface area contributed by atoms with Crippen LogP contribution in [0.5, 0.6) is 0 Å². The second kappa shape index (κ2) is 13.4. The molecular weight excluding hydrogens is 490 g/mol. The number of aryl methyl sites for hydroxylation is 1. The molecular formula is C28H40ClN3O3Si. The Balaban J connectivity index is 0.000000642. The predicted molar refractivity (Wildman–Crippen MR) is 153 cm³/mol. The topological polar surface area (TPSA) is 65.4 Å². The van der Waals surface area contributed by atoms with Crippen LogP contribution in [0.2, 0.25) is 30.7 Å². The van der Waals surface area contributed by atoms with E-state index in [4.69, 9.17) is 21.1 Å². The highest BCUT2D eigenvalue weighted by atomic mass is 35.5.